The van der Waals surface area contributed by atoms with Gasteiger partial charge in [-0.1, -0.05) is 42.5 Å². The van der Waals surface area contributed by atoms with Gasteiger partial charge < -0.3 is 11.1 Å². The van der Waals surface area contributed by atoms with Crippen LogP contribution in [0.4, 0.5) is 5.69 Å². The molecule has 0 aliphatic carbocycles. The second kappa shape index (κ2) is 6.80. The van der Waals surface area contributed by atoms with Crippen LogP contribution >= 0.6 is 0 Å². The molecule has 0 aliphatic rings. The van der Waals surface area contributed by atoms with Crippen LogP contribution in [0.5, 0.6) is 0 Å². The standard InChI is InChI=1S/C18H21N3O3/c1-12-9-10-14(11-16(12)21(23)24)13(2)20-17(22)18(3,19)15-7-5-4-6-8-15/h4-11,13H,19H2,1-3H3,(H,20,22). The summed E-state index contributed by atoms with van der Waals surface area (Å²) in [5, 5.41) is 13.9. The highest BCUT2D eigenvalue weighted by Crippen LogP contribution is 2.24. The number of aryl methyl sites for hydroxylation is 1. The average Bonchev–Trinajstić information content (AvgIpc) is 2.55. The molecule has 2 atom stereocenters. The molecule has 0 radical (unpaired) electrons. The zero-order valence-corrected chi connectivity index (χ0v) is 13.9. The fourth-order valence-corrected chi connectivity index (χ4v) is 2.44. The zero-order chi connectivity index (χ0) is 17.9. The molecule has 0 saturated heterocycles. The Morgan fingerprint density at radius 1 is 1.25 bits per heavy atom. The van der Waals surface area contributed by atoms with Crippen LogP contribution in [0.3, 0.4) is 0 Å². The van der Waals surface area contributed by atoms with E-state index in [0.29, 0.717) is 16.7 Å². The number of benzene rings is 2. The number of nitrogens with two attached hydrogens (primary N) is 1. The number of nitro benzene ring substituents is 1. The molecule has 2 rings (SSSR count). The van der Waals surface area contributed by atoms with E-state index < -0.39 is 16.5 Å². The van der Waals surface area contributed by atoms with Gasteiger partial charge in [-0.25, -0.2) is 0 Å². The van der Waals surface area contributed by atoms with Crippen LogP contribution in [0, 0.1) is 17.0 Å². The number of rotatable bonds is 5. The van der Waals surface area contributed by atoms with Crippen molar-refractivity contribution in [3.8, 4) is 0 Å². The number of amides is 1. The van der Waals surface area contributed by atoms with Crippen molar-refractivity contribution in [2.45, 2.75) is 32.4 Å². The number of hydrogen-bond donors (Lipinski definition) is 2. The summed E-state index contributed by atoms with van der Waals surface area (Å²) in [6.07, 6.45) is 0. The lowest BCUT2D eigenvalue weighted by Gasteiger charge is -2.26. The topological polar surface area (TPSA) is 98.3 Å². The van der Waals surface area contributed by atoms with Gasteiger partial charge in [-0.3, -0.25) is 14.9 Å². The van der Waals surface area contributed by atoms with Crippen LogP contribution in [0.15, 0.2) is 48.5 Å². The molecule has 0 spiro atoms. The van der Waals surface area contributed by atoms with Crippen molar-refractivity contribution in [3.63, 3.8) is 0 Å². The van der Waals surface area contributed by atoms with Crippen LogP contribution in [0.2, 0.25) is 0 Å². The molecule has 126 valence electrons. The molecule has 24 heavy (non-hydrogen) atoms. The molecule has 2 unspecified atom stereocenters. The lowest BCUT2D eigenvalue weighted by atomic mass is 9.91. The molecule has 3 N–H and O–H groups in total. The van der Waals surface area contributed by atoms with E-state index in [-0.39, 0.29) is 11.6 Å². The number of carbonyl (C=O) groups excluding carboxylic acids is 1. The van der Waals surface area contributed by atoms with E-state index in [1.54, 1.807) is 45.0 Å². The maximum atomic E-state index is 12.6. The van der Waals surface area contributed by atoms with Gasteiger partial charge >= 0.3 is 0 Å². The van der Waals surface area contributed by atoms with E-state index in [1.807, 2.05) is 18.2 Å². The summed E-state index contributed by atoms with van der Waals surface area (Å²) >= 11 is 0. The fourth-order valence-electron chi connectivity index (χ4n) is 2.44. The van der Waals surface area contributed by atoms with Crippen LogP contribution < -0.4 is 11.1 Å². The first-order valence-corrected chi connectivity index (χ1v) is 7.63. The van der Waals surface area contributed by atoms with Crippen molar-refractivity contribution in [2.75, 3.05) is 0 Å². The summed E-state index contributed by atoms with van der Waals surface area (Å²) in [6, 6.07) is 13.6. The summed E-state index contributed by atoms with van der Waals surface area (Å²) in [6.45, 7) is 5.09. The number of nitrogens with zero attached hydrogens (tertiary/aromatic N) is 1. The van der Waals surface area contributed by atoms with Gasteiger partial charge in [0.05, 0.1) is 11.0 Å². The third-order valence-electron chi connectivity index (χ3n) is 4.12. The molecule has 6 nitrogen and oxygen atoms in total. The zero-order valence-electron chi connectivity index (χ0n) is 13.9. The quantitative estimate of drug-likeness (QED) is 0.651. The van der Waals surface area contributed by atoms with Crippen molar-refractivity contribution >= 4 is 11.6 Å². The fraction of sp³-hybridized carbons (Fsp3) is 0.278. The summed E-state index contributed by atoms with van der Waals surface area (Å²) < 4.78 is 0. The predicted octanol–water partition coefficient (Wildman–Crippen LogP) is 2.95. The molecule has 0 fully saturated rings. The normalized spacial score (nSPS) is 14.5. The highest BCUT2D eigenvalue weighted by Gasteiger charge is 2.31. The minimum absolute atomic E-state index is 0.0344. The Morgan fingerprint density at radius 3 is 2.46 bits per heavy atom. The second-order valence-electron chi connectivity index (χ2n) is 6.07. The van der Waals surface area contributed by atoms with Gasteiger partial charge in [-0.2, -0.15) is 0 Å². The van der Waals surface area contributed by atoms with Crippen molar-refractivity contribution in [1.29, 1.82) is 0 Å². The summed E-state index contributed by atoms with van der Waals surface area (Å²) in [4.78, 5) is 23.2. The van der Waals surface area contributed by atoms with Gasteiger partial charge in [0.2, 0.25) is 5.91 Å². The molecule has 2 aromatic carbocycles. The highest BCUT2D eigenvalue weighted by molar-refractivity contribution is 5.87. The minimum Gasteiger partial charge on any atom is -0.348 e. The van der Waals surface area contributed by atoms with Gasteiger partial charge in [0.15, 0.2) is 0 Å². The minimum atomic E-state index is -1.19. The Bertz CT molecular complexity index is 757. The molecule has 2 aromatic rings. The van der Waals surface area contributed by atoms with Gasteiger partial charge in [-0.15, -0.1) is 0 Å². The first-order chi connectivity index (χ1) is 11.2. The number of nitro groups is 1. The Kier molecular flexibility index (Phi) is 4.99. The predicted molar refractivity (Wildman–Crippen MR) is 92.4 cm³/mol. The van der Waals surface area contributed by atoms with Crippen LogP contribution in [0.1, 0.15) is 36.6 Å². The molecule has 0 bridgehead atoms. The lowest BCUT2D eigenvalue weighted by molar-refractivity contribution is -0.385. The Balaban J connectivity index is 2.20. The van der Waals surface area contributed by atoms with E-state index in [0.717, 1.165) is 0 Å². The maximum Gasteiger partial charge on any atom is 0.272 e. The first-order valence-electron chi connectivity index (χ1n) is 7.63. The summed E-state index contributed by atoms with van der Waals surface area (Å²) in [5.41, 5.74) is 6.97. The molecular weight excluding hydrogens is 306 g/mol. The van der Waals surface area contributed by atoms with Gasteiger partial charge in [0.25, 0.3) is 5.69 Å². The van der Waals surface area contributed by atoms with Crippen molar-refractivity contribution in [2.24, 2.45) is 5.73 Å². The highest BCUT2D eigenvalue weighted by atomic mass is 16.6. The molecule has 0 heterocycles. The SMILES string of the molecule is Cc1ccc(C(C)NC(=O)C(C)(N)c2ccccc2)cc1[N+](=O)[O-]. The smallest absolute Gasteiger partial charge is 0.272 e. The maximum absolute atomic E-state index is 12.6. The number of nitrogens with one attached hydrogen (secondary N) is 1. The van der Waals surface area contributed by atoms with E-state index >= 15 is 0 Å². The average molecular weight is 327 g/mol. The van der Waals surface area contributed by atoms with Crippen LogP contribution in [-0.2, 0) is 10.3 Å². The van der Waals surface area contributed by atoms with Crippen LogP contribution in [0.25, 0.3) is 0 Å². The van der Waals surface area contributed by atoms with Gasteiger partial charge in [-0.05, 0) is 31.9 Å². The molecule has 0 aromatic heterocycles. The van der Waals surface area contributed by atoms with E-state index in [2.05, 4.69) is 5.32 Å². The van der Waals surface area contributed by atoms with Crippen molar-refractivity contribution in [1.82, 2.24) is 5.32 Å². The number of hydrogen-bond acceptors (Lipinski definition) is 4. The largest absolute Gasteiger partial charge is 0.348 e. The first kappa shape index (κ1) is 17.6. The van der Waals surface area contributed by atoms with E-state index in [9.17, 15) is 14.9 Å². The summed E-state index contributed by atoms with van der Waals surface area (Å²) in [7, 11) is 0. The Hall–Kier alpha value is -2.73. The molecule has 1 amide bonds. The van der Waals surface area contributed by atoms with Crippen molar-refractivity contribution < 1.29 is 9.72 Å². The third-order valence-corrected chi connectivity index (χ3v) is 4.12. The van der Waals surface area contributed by atoms with E-state index in [1.165, 1.54) is 6.07 Å². The summed E-state index contributed by atoms with van der Waals surface area (Å²) in [5.74, 6) is -0.343. The number of carbonyl (C=O) groups is 1. The lowest BCUT2D eigenvalue weighted by Crippen LogP contribution is -2.49. The van der Waals surface area contributed by atoms with Crippen LogP contribution in [-0.4, -0.2) is 10.8 Å². The Morgan fingerprint density at radius 2 is 1.88 bits per heavy atom. The third kappa shape index (κ3) is 3.60. The second-order valence-corrected chi connectivity index (χ2v) is 6.07. The molecule has 6 heteroatoms. The monoisotopic (exact) mass is 327 g/mol. The van der Waals surface area contributed by atoms with E-state index in [4.69, 9.17) is 5.73 Å². The molecule has 0 saturated carbocycles. The molecule has 0 aliphatic heterocycles. The van der Waals surface area contributed by atoms with Gasteiger partial charge in [0.1, 0.15) is 5.54 Å². The Labute approximate surface area is 140 Å². The van der Waals surface area contributed by atoms with Gasteiger partial charge in [0, 0.05) is 11.6 Å². The molecular formula is C18H21N3O3. The van der Waals surface area contributed by atoms with Crippen molar-refractivity contribution in [3.05, 3.63) is 75.3 Å².